The number of benzene rings is 2. The van der Waals surface area contributed by atoms with Gasteiger partial charge in [0, 0.05) is 17.6 Å². The van der Waals surface area contributed by atoms with E-state index in [4.69, 9.17) is 21.1 Å². The van der Waals surface area contributed by atoms with Crippen LogP contribution < -0.4 is 4.74 Å². The number of carbonyl (C=O) groups excluding carboxylic acids is 1. The minimum atomic E-state index is -3.72. The zero-order valence-corrected chi connectivity index (χ0v) is 18.5. The predicted molar refractivity (Wildman–Crippen MR) is 110 cm³/mol. The number of esters is 1. The van der Waals surface area contributed by atoms with E-state index in [2.05, 4.69) is 15.9 Å². The van der Waals surface area contributed by atoms with Crippen molar-refractivity contribution >= 4 is 43.5 Å². The molecule has 3 rings (SSSR count). The Kier molecular flexibility index (Phi) is 6.46. The highest BCUT2D eigenvalue weighted by Gasteiger charge is 2.28. The lowest BCUT2D eigenvalue weighted by molar-refractivity contribution is 0.0726. The molecule has 1 aliphatic rings. The average molecular weight is 489 g/mol. The molecule has 1 heterocycles. The number of morpholine rings is 1. The predicted octanol–water partition coefficient (Wildman–Crippen LogP) is 3.96. The Hall–Kier alpha value is -1.45. The number of aryl methyl sites for hydroxylation is 2. The van der Waals surface area contributed by atoms with Crippen molar-refractivity contribution in [2.75, 3.05) is 26.3 Å². The number of hydrogen-bond donors (Lipinski definition) is 0. The maximum absolute atomic E-state index is 12.9. The van der Waals surface area contributed by atoms with Crippen molar-refractivity contribution in [1.82, 2.24) is 4.31 Å². The van der Waals surface area contributed by atoms with Gasteiger partial charge < -0.3 is 9.47 Å². The third-order valence-electron chi connectivity index (χ3n) is 4.43. The van der Waals surface area contributed by atoms with Gasteiger partial charge in [0.15, 0.2) is 5.75 Å². The molecule has 0 aliphatic carbocycles. The number of sulfonamides is 1. The molecule has 1 aliphatic heterocycles. The van der Waals surface area contributed by atoms with Crippen molar-refractivity contribution in [3.63, 3.8) is 0 Å². The maximum atomic E-state index is 12.9. The molecule has 0 spiro atoms. The first kappa shape index (κ1) is 21.3. The fraction of sp³-hybridized carbons (Fsp3) is 0.316. The third kappa shape index (κ3) is 4.41. The molecule has 0 atom stereocenters. The van der Waals surface area contributed by atoms with E-state index in [0.29, 0.717) is 24.3 Å². The Bertz CT molecular complexity index is 996. The molecule has 0 aromatic heterocycles. The lowest BCUT2D eigenvalue weighted by Gasteiger charge is -2.26. The SMILES string of the molecule is Cc1ccc(S(=O)(=O)N2CCOCC2)cc1C(=O)Oc1c(C)cc(Br)cc1Cl. The summed E-state index contributed by atoms with van der Waals surface area (Å²) in [6, 6.07) is 7.85. The van der Waals surface area contributed by atoms with Crippen LogP contribution in [0.1, 0.15) is 21.5 Å². The minimum Gasteiger partial charge on any atom is -0.421 e. The molecule has 1 saturated heterocycles. The first-order chi connectivity index (χ1) is 13.2. The van der Waals surface area contributed by atoms with Gasteiger partial charge in [-0.3, -0.25) is 0 Å². The van der Waals surface area contributed by atoms with E-state index in [9.17, 15) is 13.2 Å². The smallest absolute Gasteiger partial charge is 0.343 e. The van der Waals surface area contributed by atoms with Crippen LogP contribution in [0.4, 0.5) is 0 Å². The second-order valence-electron chi connectivity index (χ2n) is 6.42. The number of carbonyl (C=O) groups is 1. The fourth-order valence-corrected chi connectivity index (χ4v) is 5.33. The highest BCUT2D eigenvalue weighted by Crippen LogP contribution is 2.33. The van der Waals surface area contributed by atoms with Crippen LogP contribution in [0.5, 0.6) is 5.75 Å². The summed E-state index contributed by atoms with van der Waals surface area (Å²) in [7, 11) is -3.72. The van der Waals surface area contributed by atoms with E-state index in [1.54, 1.807) is 32.0 Å². The molecule has 2 aromatic carbocycles. The second-order valence-corrected chi connectivity index (χ2v) is 9.68. The van der Waals surface area contributed by atoms with Gasteiger partial charge in [0.25, 0.3) is 0 Å². The molecule has 0 unspecified atom stereocenters. The van der Waals surface area contributed by atoms with Crippen LogP contribution >= 0.6 is 27.5 Å². The minimum absolute atomic E-state index is 0.0468. The van der Waals surface area contributed by atoms with Crippen molar-refractivity contribution in [2.45, 2.75) is 18.7 Å². The van der Waals surface area contributed by atoms with Crippen molar-refractivity contribution in [1.29, 1.82) is 0 Å². The molecule has 0 N–H and O–H groups in total. The van der Waals surface area contributed by atoms with Crippen molar-refractivity contribution < 1.29 is 22.7 Å². The molecule has 1 fully saturated rings. The molecule has 0 radical (unpaired) electrons. The lowest BCUT2D eigenvalue weighted by Crippen LogP contribution is -2.40. The monoisotopic (exact) mass is 487 g/mol. The fourth-order valence-electron chi connectivity index (χ4n) is 2.88. The summed E-state index contributed by atoms with van der Waals surface area (Å²) in [6.45, 7) is 4.75. The molecule has 0 bridgehead atoms. The number of ether oxygens (including phenoxy) is 2. The molecule has 2 aromatic rings. The van der Waals surface area contributed by atoms with Crippen molar-refractivity contribution in [2.24, 2.45) is 0 Å². The van der Waals surface area contributed by atoms with Crippen LogP contribution in [0.3, 0.4) is 0 Å². The maximum Gasteiger partial charge on any atom is 0.343 e. The Balaban J connectivity index is 1.92. The zero-order valence-electron chi connectivity index (χ0n) is 15.4. The van der Waals surface area contributed by atoms with Crippen molar-refractivity contribution in [3.8, 4) is 5.75 Å². The number of hydrogen-bond acceptors (Lipinski definition) is 5. The first-order valence-electron chi connectivity index (χ1n) is 8.56. The van der Waals surface area contributed by atoms with Crippen LogP contribution in [0, 0.1) is 13.8 Å². The lowest BCUT2D eigenvalue weighted by atomic mass is 10.1. The molecule has 6 nitrogen and oxygen atoms in total. The van der Waals surface area contributed by atoms with Gasteiger partial charge in [-0.25, -0.2) is 13.2 Å². The van der Waals surface area contributed by atoms with Crippen LogP contribution in [0.15, 0.2) is 39.7 Å². The first-order valence-corrected chi connectivity index (χ1v) is 11.2. The van der Waals surface area contributed by atoms with Crippen LogP contribution in [0.25, 0.3) is 0 Å². The summed E-state index contributed by atoms with van der Waals surface area (Å²) in [5.41, 5.74) is 1.46. The molecule has 150 valence electrons. The van der Waals surface area contributed by atoms with Gasteiger partial charge >= 0.3 is 5.97 Å². The topological polar surface area (TPSA) is 72.9 Å². The van der Waals surface area contributed by atoms with E-state index in [1.165, 1.54) is 16.4 Å². The normalized spacial score (nSPS) is 15.4. The van der Waals surface area contributed by atoms with Gasteiger partial charge in [-0.2, -0.15) is 4.31 Å². The quantitative estimate of drug-likeness (QED) is 0.481. The average Bonchev–Trinajstić information content (AvgIpc) is 2.65. The highest BCUT2D eigenvalue weighted by atomic mass is 79.9. The largest absolute Gasteiger partial charge is 0.421 e. The van der Waals surface area contributed by atoms with Gasteiger partial charge in [0.05, 0.1) is 28.7 Å². The summed E-state index contributed by atoms with van der Waals surface area (Å²) in [4.78, 5) is 12.8. The molecule has 0 amide bonds. The number of halogens is 2. The number of nitrogens with zero attached hydrogens (tertiary/aromatic N) is 1. The molecule has 0 saturated carbocycles. The van der Waals surface area contributed by atoms with Gasteiger partial charge in [-0.1, -0.05) is 33.6 Å². The van der Waals surface area contributed by atoms with Crippen LogP contribution in [-0.2, 0) is 14.8 Å². The summed E-state index contributed by atoms with van der Waals surface area (Å²) in [5.74, 6) is -0.417. The van der Waals surface area contributed by atoms with E-state index in [0.717, 1.165) is 4.47 Å². The van der Waals surface area contributed by atoms with Gasteiger partial charge in [0.2, 0.25) is 10.0 Å². The van der Waals surface area contributed by atoms with Gasteiger partial charge in [0.1, 0.15) is 0 Å². The van der Waals surface area contributed by atoms with E-state index in [-0.39, 0.29) is 34.3 Å². The van der Waals surface area contributed by atoms with E-state index < -0.39 is 16.0 Å². The Labute approximate surface area is 177 Å². The zero-order chi connectivity index (χ0) is 20.5. The standard InChI is InChI=1S/C19H19BrClNO5S/c1-12-3-4-15(28(24,25)22-5-7-26-8-6-22)11-16(12)19(23)27-18-13(2)9-14(20)10-17(18)21/h3-4,9-11H,5-8H2,1-2H3. The van der Waals surface area contributed by atoms with Crippen molar-refractivity contribution in [3.05, 3.63) is 56.5 Å². The molecule has 28 heavy (non-hydrogen) atoms. The molecule has 9 heteroatoms. The Morgan fingerprint density at radius 1 is 1.14 bits per heavy atom. The van der Waals surface area contributed by atoms with Gasteiger partial charge in [-0.15, -0.1) is 0 Å². The summed E-state index contributed by atoms with van der Waals surface area (Å²) in [6.07, 6.45) is 0. The summed E-state index contributed by atoms with van der Waals surface area (Å²) >= 11 is 9.52. The Morgan fingerprint density at radius 2 is 1.82 bits per heavy atom. The van der Waals surface area contributed by atoms with Crippen LogP contribution in [-0.4, -0.2) is 45.0 Å². The van der Waals surface area contributed by atoms with E-state index in [1.807, 2.05) is 0 Å². The van der Waals surface area contributed by atoms with Crippen LogP contribution in [0.2, 0.25) is 5.02 Å². The summed E-state index contributed by atoms with van der Waals surface area (Å²) in [5, 5.41) is 0.287. The second kappa shape index (κ2) is 8.51. The summed E-state index contributed by atoms with van der Waals surface area (Å²) < 4.78 is 38.6. The number of rotatable bonds is 4. The van der Waals surface area contributed by atoms with Gasteiger partial charge in [-0.05, 0) is 49.2 Å². The molecular formula is C19H19BrClNO5S. The molecular weight excluding hydrogens is 470 g/mol. The van der Waals surface area contributed by atoms with E-state index >= 15 is 0 Å². The Morgan fingerprint density at radius 3 is 2.46 bits per heavy atom. The highest BCUT2D eigenvalue weighted by molar-refractivity contribution is 9.10. The third-order valence-corrected chi connectivity index (χ3v) is 7.06.